The van der Waals surface area contributed by atoms with Crippen molar-refractivity contribution in [1.82, 2.24) is 0 Å². The van der Waals surface area contributed by atoms with Crippen molar-refractivity contribution in [1.29, 1.82) is 0 Å². The zero-order valence-electron chi connectivity index (χ0n) is 4.22. The third-order valence-corrected chi connectivity index (χ3v) is 0.0680. The van der Waals surface area contributed by atoms with E-state index in [2.05, 4.69) is 18.8 Å². The Labute approximate surface area is 58.5 Å². The van der Waals surface area contributed by atoms with E-state index in [9.17, 15) is 0 Å². The molecule has 0 aliphatic rings. The smallest absolute Gasteiger partial charge is 0.642 e. The van der Waals surface area contributed by atoms with Gasteiger partial charge in [-0.05, 0) is 0 Å². The molecular weight excluding hydrogens is 264 g/mol. The van der Waals surface area contributed by atoms with Gasteiger partial charge in [0.05, 0.1) is 0 Å². The van der Waals surface area contributed by atoms with Crippen molar-refractivity contribution in [3.8, 4) is 0 Å². The molecule has 0 radical (unpaired) electrons. The van der Waals surface area contributed by atoms with Crippen LogP contribution in [0.4, 0.5) is 0 Å². The molecule has 0 aromatic carbocycles. The molecule has 7 heavy (non-hydrogen) atoms. The van der Waals surface area contributed by atoms with Gasteiger partial charge in [0.25, 0.3) is 6.47 Å². The third-order valence-electron chi connectivity index (χ3n) is 0.0680. The molecule has 0 bridgehead atoms. The van der Waals surface area contributed by atoms with Gasteiger partial charge in [-0.1, -0.05) is 0 Å². The van der Waals surface area contributed by atoms with E-state index >= 15 is 0 Å². The van der Waals surface area contributed by atoms with Crippen LogP contribution >= 0.6 is 0 Å². The fourth-order valence-corrected chi connectivity index (χ4v) is 0. The third kappa shape index (κ3) is 79.4. The number of carbonyl (C=O) groups excluding carboxylic acids is 1. The monoisotopic (exact) mass is 272 g/mol. The van der Waals surface area contributed by atoms with Crippen molar-refractivity contribution in [2.45, 2.75) is 6.92 Å². The molecule has 0 aliphatic carbocycles. The van der Waals surface area contributed by atoms with Gasteiger partial charge in [-0.3, -0.25) is 4.79 Å². The first-order valence-corrected chi connectivity index (χ1v) is 1.47. The number of ether oxygens (including phenoxy) is 1. The fraction of sp³-hybridized carbons (Fsp3) is 0.250. The van der Waals surface area contributed by atoms with Gasteiger partial charge in [0.15, 0.2) is 0 Å². The van der Waals surface area contributed by atoms with Gasteiger partial charge in [0.2, 0.25) is 0 Å². The predicted octanol–water partition coefficient (Wildman–Crippen LogP) is 0.789. The summed E-state index contributed by atoms with van der Waals surface area (Å²) in [7, 11) is 2.74. The van der Waals surface area contributed by atoms with Gasteiger partial charge in [-0.2, -0.15) is 14.0 Å². The minimum absolute atomic E-state index is 0. The number of carbonyl (C=O) groups is 1. The summed E-state index contributed by atoms with van der Waals surface area (Å²) in [5.41, 5.74) is 0. The number of hydrogen-bond acceptors (Lipinski definition) is 2. The molecule has 42 valence electrons. The standard InChI is InChI=1S/C2H3O2.C2H5.W/c1-4-2-3;1-2;/h2H,1H2;1H2,2H3;/q2*-1;+2. The van der Waals surface area contributed by atoms with E-state index in [4.69, 9.17) is 4.79 Å². The molecule has 0 atom stereocenters. The SMILES string of the molecule is [CH2-]C.[CH2-]OC=O.[W+2]. The Kier molecular flexibility index (Phi) is 78.9. The van der Waals surface area contributed by atoms with E-state index < -0.39 is 0 Å². The van der Waals surface area contributed by atoms with Crippen molar-refractivity contribution < 1.29 is 30.6 Å². The predicted molar refractivity (Wildman–Crippen MR) is 23.5 cm³/mol. The molecule has 0 aromatic heterocycles. The summed E-state index contributed by atoms with van der Waals surface area (Å²) in [5.74, 6) is 0. The second-order valence-corrected chi connectivity index (χ2v) is 0.263. The van der Waals surface area contributed by atoms with E-state index in [0.29, 0.717) is 0 Å². The quantitative estimate of drug-likeness (QED) is 0.521. The Bertz CT molecular complexity index is 23.7. The summed E-state index contributed by atoms with van der Waals surface area (Å²) < 4.78 is 3.61. The van der Waals surface area contributed by atoms with Crippen LogP contribution < -0.4 is 0 Å². The van der Waals surface area contributed by atoms with E-state index in [0.717, 1.165) is 0 Å². The molecule has 0 rings (SSSR count). The first-order chi connectivity index (χ1) is 2.91. The maximum absolute atomic E-state index is 8.89. The largest absolute Gasteiger partial charge is 2.00 e. The molecule has 0 N–H and O–H groups in total. The van der Waals surface area contributed by atoms with Crippen LogP contribution in [0.5, 0.6) is 0 Å². The zero-order chi connectivity index (χ0) is 5.41. The molecule has 0 amide bonds. The van der Waals surface area contributed by atoms with E-state index in [1.807, 2.05) is 0 Å². The molecule has 0 saturated heterocycles. The van der Waals surface area contributed by atoms with E-state index in [1.54, 1.807) is 6.92 Å². The van der Waals surface area contributed by atoms with Crippen molar-refractivity contribution in [3.63, 3.8) is 0 Å². The van der Waals surface area contributed by atoms with Gasteiger partial charge in [-0.15, -0.1) is 0 Å². The van der Waals surface area contributed by atoms with Gasteiger partial charge in [0.1, 0.15) is 0 Å². The van der Waals surface area contributed by atoms with Crippen LogP contribution in [0.2, 0.25) is 0 Å². The summed E-state index contributed by atoms with van der Waals surface area (Å²) >= 11 is 0. The van der Waals surface area contributed by atoms with Crippen LogP contribution in [0, 0.1) is 14.0 Å². The number of rotatable bonds is 1. The molecule has 0 aliphatic heterocycles. The second-order valence-electron chi connectivity index (χ2n) is 0.263. The van der Waals surface area contributed by atoms with Gasteiger partial charge >= 0.3 is 21.1 Å². The molecule has 2 nitrogen and oxygen atoms in total. The van der Waals surface area contributed by atoms with Crippen molar-refractivity contribution in [2.75, 3.05) is 0 Å². The second kappa shape index (κ2) is 35.2. The van der Waals surface area contributed by atoms with E-state index in [1.165, 1.54) is 0 Å². The molecule has 0 saturated carbocycles. The average Bonchev–Trinajstić information content (AvgIpc) is 1.72. The van der Waals surface area contributed by atoms with E-state index in [-0.39, 0.29) is 27.5 Å². The Balaban J connectivity index is -0.0000000480. The summed E-state index contributed by atoms with van der Waals surface area (Å²) in [4.78, 5) is 8.89. The summed E-state index contributed by atoms with van der Waals surface area (Å²) in [6.07, 6.45) is 0. The summed E-state index contributed by atoms with van der Waals surface area (Å²) in [6, 6.07) is 0. The molecule has 0 unspecified atom stereocenters. The minimum atomic E-state index is 0. The Hall–Kier alpha value is 0.158. The first-order valence-electron chi connectivity index (χ1n) is 1.47. The van der Waals surface area contributed by atoms with Crippen molar-refractivity contribution >= 4 is 6.47 Å². The maximum atomic E-state index is 8.89. The molecule has 0 spiro atoms. The minimum Gasteiger partial charge on any atom is -0.642 e. The molecule has 0 fully saturated rings. The van der Waals surface area contributed by atoms with Crippen LogP contribution in [0.15, 0.2) is 0 Å². The van der Waals surface area contributed by atoms with Crippen LogP contribution in [0.1, 0.15) is 6.92 Å². The Morgan fingerprint density at radius 2 is 1.71 bits per heavy atom. The molecule has 0 heterocycles. The average molecular weight is 272 g/mol. The van der Waals surface area contributed by atoms with Gasteiger partial charge in [0, 0.05) is 0 Å². The van der Waals surface area contributed by atoms with Crippen LogP contribution in [0.3, 0.4) is 0 Å². The van der Waals surface area contributed by atoms with Crippen molar-refractivity contribution in [3.05, 3.63) is 14.0 Å². The fourth-order valence-electron chi connectivity index (χ4n) is 0. The van der Waals surface area contributed by atoms with Crippen LogP contribution in [-0.4, -0.2) is 6.47 Å². The maximum Gasteiger partial charge on any atom is 2.00 e. The van der Waals surface area contributed by atoms with Crippen LogP contribution in [0.25, 0.3) is 0 Å². The Morgan fingerprint density at radius 3 is 1.71 bits per heavy atom. The Morgan fingerprint density at radius 1 is 1.57 bits per heavy atom. The summed E-state index contributed by atoms with van der Waals surface area (Å²) in [6.45, 7) is 5.26. The van der Waals surface area contributed by atoms with Crippen LogP contribution in [-0.2, 0) is 30.6 Å². The molecule has 0 aromatic rings. The van der Waals surface area contributed by atoms with Crippen molar-refractivity contribution in [2.24, 2.45) is 0 Å². The first kappa shape index (κ1) is 15.7. The zero-order valence-corrected chi connectivity index (χ0v) is 7.15. The summed E-state index contributed by atoms with van der Waals surface area (Å²) in [5, 5.41) is 0. The molecule has 3 heteroatoms. The normalized spacial score (nSPS) is 3.86. The van der Waals surface area contributed by atoms with Gasteiger partial charge in [-0.25, -0.2) is 0 Å². The topological polar surface area (TPSA) is 26.3 Å². The number of hydrogen-bond donors (Lipinski definition) is 0. The van der Waals surface area contributed by atoms with Gasteiger partial charge < -0.3 is 11.7 Å². The molecular formula is C4H8O2W.